The van der Waals surface area contributed by atoms with Gasteiger partial charge in [-0.2, -0.15) is 0 Å². The highest BCUT2D eigenvalue weighted by molar-refractivity contribution is 5.86. The Morgan fingerprint density at radius 1 is 1.71 bits per heavy atom. The van der Waals surface area contributed by atoms with Crippen LogP contribution in [0.5, 0.6) is 0 Å². The molecule has 0 aromatic carbocycles. The molecule has 0 saturated carbocycles. The summed E-state index contributed by atoms with van der Waals surface area (Å²) in [6, 6.07) is 0. The fourth-order valence-electron chi connectivity index (χ4n) is 1.51. The Morgan fingerprint density at radius 2 is 2.43 bits per heavy atom. The highest BCUT2D eigenvalue weighted by Crippen LogP contribution is 2.16. The molecule has 1 heterocycles. The fraction of sp³-hybridized carbons (Fsp3) is 0.778. The van der Waals surface area contributed by atoms with Crippen LogP contribution in [-0.4, -0.2) is 43.4 Å². The van der Waals surface area contributed by atoms with Gasteiger partial charge in [-0.3, -0.25) is 9.59 Å². The molecule has 80 valence electrons. The normalized spacial score (nSPS) is 22.3. The van der Waals surface area contributed by atoms with E-state index in [0.29, 0.717) is 26.1 Å². The molecule has 0 bridgehead atoms. The maximum absolute atomic E-state index is 11.5. The molecule has 1 rings (SSSR count). The molecule has 0 aromatic rings. The van der Waals surface area contributed by atoms with Gasteiger partial charge in [0.05, 0.1) is 0 Å². The van der Waals surface area contributed by atoms with Crippen molar-refractivity contribution in [3.05, 3.63) is 0 Å². The van der Waals surface area contributed by atoms with Crippen molar-refractivity contribution in [1.82, 2.24) is 10.2 Å². The van der Waals surface area contributed by atoms with Crippen LogP contribution in [0.1, 0.15) is 12.8 Å². The number of piperidine rings is 1. The third kappa shape index (κ3) is 2.70. The van der Waals surface area contributed by atoms with Crippen LogP contribution in [0.15, 0.2) is 0 Å². The average Bonchev–Trinajstić information content (AvgIpc) is 2.18. The highest BCUT2D eigenvalue weighted by Gasteiger charge is 2.27. The third-order valence-electron chi connectivity index (χ3n) is 2.47. The van der Waals surface area contributed by atoms with Crippen molar-refractivity contribution in [3.8, 4) is 0 Å². The molecule has 3 N–H and O–H groups in total. The number of nitrogens with two attached hydrogens (primary N) is 1. The maximum atomic E-state index is 11.5. The van der Waals surface area contributed by atoms with E-state index in [1.807, 2.05) is 0 Å². The Kier molecular flexibility index (Phi) is 3.88. The summed E-state index contributed by atoms with van der Waals surface area (Å²) in [6.45, 7) is 1.59. The van der Waals surface area contributed by atoms with E-state index in [0.717, 1.165) is 6.42 Å². The standard InChI is InChI=1S/C9H17N3O2/c1-12-5-2-7(6-8(12)13)9(14)11-4-3-10/h7H,2-6,10H2,1H3,(H,11,14). The largest absolute Gasteiger partial charge is 0.355 e. The van der Waals surface area contributed by atoms with Crippen LogP contribution in [0.2, 0.25) is 0 Å². The zero-order valence-electron chi connectivity index (χ0n) is 8.45. The summed E-state index contributed by atoms with van der Waals surface area (Å²) in [5, 5.41) is 2.70. The summed E-state index contributed by atoms with van der Waals surface area (Å²) < 4.78 is 0. The van der Waals surface area contributed by atoms with Crippen LogP contribution in [0.25, 0.3) is 0 Å². The highest BCUT2D eigenvalue weighted by atomic mass is 16.2. The average molecular weight is 199 g/mol. The molecule has 1 atom stereocenters. The van der Waals surface area contributed by atoms with E-state index in [1.54, 1.807) is 11.9 Å². The first-order valence-electron chi connectivity index (χ1n) is 4.87. The molecule has 14 heavy (non-hydrogen) atoms. The van der Waals surface area contributed by atoms with Crippen LogP contribution in [-0.2, 0) is 9.59 Å². The Balaban J connectivity index is 2.38. The first kappa shape index (κ1) is 11.0. The van der Waals surface area contributed by atoms with E-state index in [1.165, 1.54) is 0 Å². The van der Waals surface area contributed by atoms with Crippen LogP contribution in [0.3, 0.4) is 0 Å². The summed E-state index contributed by atoms with van der Waals surface area (Å²) in [7, 11) is 1.76. The molecule has 5 heteroatoms. The zero-order valence-corrected chi connectivity index (χ0v) is 8.45. The lowest BCUT2D eigenvalue weighted by molar-refractivity contribution is -0.139. The van der Waals surface area contributed by atoms with Crippen molar-refractivity contribution in [1.29, 1.82) is 0 Å². The SMILES string of the molecule is CN1CCC(C(=O)NCCN)CC1=O. The van der Waals surface area contributed by atoms with E-state index >= 15 is 0 Å². The van der Waals surface area contributed by atoms with Gasteiger partial charge in [-0.25, -0.2) is 0 Å². The third-order valence-corrected chi connectivity index (χ3v) is 2.47. The molecular weight excluding hydrogens is 182 g/mol. The minimum atomic E-state index is -0.162. The topological polar surface area (TPSA) is 75.4 Å². The fourth-order valence-corrected chi connectivity index (χ4v) is 1.51. The maximum Gasteiger partial charge on any atom is 0.223 e. The van der Waals surface area contributed by atoms with Gasteiger partial charge in [-0.05, 0) is 6.42 Å². The number of hydrogen-bond acceptors (Lipinski definition) is 3. The summed E-state index contributed by atoms with van der Waals surface area (Å²) in [4.78, 5) is 24.4. The lowest BCUT2D eigenvalue weighted by Crippen LogP contribution is -2.43. The van der Waals surface area contributed by atoms with Gasteiger partial charge in [0, 0.05) is 39.0 Å². The number of amides is 2. The van der Waals surface area contributed by atoms with Crippen LogP contribution < -0.4 is 11.1 Å². The van der Waals surface area contributed by atoms with E-state index in [9.17, 15) is 9.59 Å². The summed E-state index contributed by atoms with van der Waals surface area (Å²) >= 11 is 0. The molecule has 2 amide bonds. The van der Waals surface area contributed by atoms with Gasteiger partial charge in [-0.1, -0.05) is 0 Å². The molecule has 0 aromatic heterocycles. The van der Waals surface area contributed by atoms with Crippen molar-refractivity contribution in [2.75, 3.05) is 26.7 Å². The minimum absolute atomic E-state index is 0.0445. The van der Waals surface area contributed by atoms with Gasteiger partial charge in [0.1, 0.15) is 0 Å². The number of hydrogen-bond donors (Lipinski definition) is 2. The van der Waals surface area contributed by atoms with Gasteiger partial charge >= 0.3 is 0 Å². The van der Waals surface area contributed by atoms with Crippen LogP contribution in [0.4, 0.5) is 0 Å². The number of carbonyl (C=O) groups is 2. The Hall–Kier alpha value is -1.10. The molecule has 1 fully saturated rings. The van der Waals surface area contributed by atoms with E-state index in [4.69, 9.17) is 5.73 Å². The Labute approximate surface area is 83.6 Å². The van der Waals surface area contributed by atoms with Crippen molar-refractivity contribution >= 4 is 11.8 Å². The van der Waals surface area contributed by atoms with Gasteiger partial charge in [-0.15, -0.1) is 0 Å². The van der Waals surface area contributed by atoms with Crippen LogP contribution in [0, 0.1) is 5.92 Å². The quantitative estimate of drug-likeness (QED) is 0.607. The molecule has 5 nitrogen and oxygen atoms in total. The van der Waals surface area contributed by atoms with Gasteiger partial charge in [0.15, 0.2) is 0 Å². The van der Waals surface area contributed by atoms with Crippen molar-refractivity contribution < 1.29 is 9.59 Å². The smallest absolute Gasteiger partial charge is 0.223 e. The first-order valence-corrected chi connectivity index (χ1v) is 4.87. The monoisotopic (exact) mass is 199 g/mol. The summed E-state index contributed by atoms with van der Waals surface area (Å²) in [6.07, 6.45) is 1.07. The number of nitrogens with zero attached hydrogens (tertiary/aromatic N) is 1. The van der Waals surface area contributed by atoms with E-state index in [2.05, 4.69) is 5.32 Å². The molecule has 1 saturated heterocycles. The van der Waals surface area contributed by atoms with Crippen molar-refractivity contribution in [3.63, 3.8) is 0 Å². The lowest BCUT2D eigenvalue weighted by Gasteiger charge is -2.27. The Morgan fingerprint density at radius 3 is 3.00 bits per heavy atom. The number of nitrogens with one attached hydrogen (secondary N) is 1. The van der Waals surface area contributed by atoms with E-state index in [-0.39, 0.29) is 17.7 Å². The Bertz CT molecular complexity index is 230. The number of carbonyl (C=O) groups excluding carboxylic acids is 2. The second-order valence-corrected chi connectivity index (χ2v) is 3.58. The van der Waals surface area contributed by atoms with E-state index < -0.39 is 0 Å². The van der Waals surface area contributed by atoms with Gasteiger partial charge in [0.25, 0.3) is 0 Å². The molecule has 1 aliphatic heterocycles. The first-order chi connectivity index (χ1) is 6.65. The molecule has 0 spiro atoms. The van der Waals surface area contributed by atoms with Crippen LogP contribution >= 0.6 is 0 Å². The van der Waals surface area contributed by atoms with Gasteiger partial charge in [0.2, 0.25) is 11.8 Å². The van der Waals surface area contributed by atoms with Gasteiger partial charge < -0.3 is 16.0 Å². The molecule has 0 radical (unpaired) electrons. The molecule has 0 aliphatic carbocycles. The predicted octanol–water partition coefficient (Wildman–Crippen LogP) is -1.07. The predicted molar refractivity (Wildman–Crippen MR) is 52.4 cm³/mol. The lowest BCUT2D eigenvalue weighted by atomic mass is 9.96. The summed E-state index contributed by atoms with van der Waals surface area (Å²) in [5.74, 6) is -0.161. The molecule has 1 aliphatic rings. The number of likely N-dealkylation sites (tertiary alicyclic amines) is 1. The van der Waals surface area contributed by atoms with Crippen molar-refractivity contribution in [2.24, 2.45) is 11.7 Å². The second-order valence-electron chi connectivity index (χ2n) is 3.58. The summed E-state index contributed by atoms with van der Waals surface area (Å²) in [5.41, 5.74) is 5.27. The number of rotatable bonds is 3. The molecule has 1 unspecified atom stereocenters. The second kappa shape index (κ2) is 4.95. The zero-order chi connectivity index (χ0) is 10.6. The van der Waals surface area contributed by atoms with Crippen molar-refractivity contribution in [2.45, 2.75) is 12.8 Å². The minimum Gasteiger partial charge on any atom is -0.355 e. The molecular formula is C9H17N3O2.